The molecule has 2 aliphatic rings. The molecule has 1 aromatic carbocycles. The maximum atomic E-state index is 6.37. The van der Waals surface area contributed by atoms with E-state index in [1.165, 1.54) is 12.8 Å². The summed E-state index contributed by atoms with van der Waals surface area (Å²) in [5, 5.41) is 8.36. The van der Waals surface area contributed by atoms with E-state index in [2.05, 4.69) is 26.4 Å². The maximum absolute atomic E-state index is 6.37. The largest absolute Gasteiger partial charge is 0.338 e. The van der Waals surface area contributed by atoms with Gasteiger partial charge in [0.15, 0.2) is 5.82 Å². The number of nitrogens with zero attached hydrogens (tertiary/aromatic N) is 3. The summed E-state index contributed by atoms with van der Waals surface area (Å²) in [7, 11) is 0. The number of nitrogens with one attached hydrogen (secondary N) is 1. The molecule has 1 saturated heterocycles. The van der Waals surface area contributed by atoms with E-state index in [0.717, 1.165) is 36.0 Å². The van der Waals surface area contributed by atoms with Crippen molar-refractivity contribution in [3.63, 3.8) is 0 Å². The van der Waals surface area contributed by atoms with Crippen LogP contribution in [0.5, 0.6) is 0 Å². The summed E-state index contributed by atoms with van der Waals surface area (Å²) in [4.78, 5) is 6.91. The molecule has 1 aliphatic heterocycles. The molecule has 2 fully saturated rings. The molecule has 1 atom stereocenters. The van der Waals surface area contributed by atoms with Crippen molar-refractivity contribution in [2.45, 2.75) is 31.3 Å². The fourth-order valence-electron chi connectivity index (χ4n) is 3.00. The van der Waals surface area contributed by atoms with Crippen molar-refractivity contribution in [3.05, 3.63) is 46.6 Å². The molecule has 2 heterocycles. The molecule has 22 heavy (non-hydrogen) atoms. The number of hydrogen-bond donors (Lipinski definition) is 1. The van der Waals surface area contributed by atoms with E-state index < -0.39 is 0 Å². The van der Waals surface area contributed by atoms with Gasteiger partial charge in [0, 0.05) is 36.6 Å². The van der Waals surface area contributed by atoms with Crippen molar-refractivity contribution in [2.75, 3.05) is 19.6 Å². The Hall–Kier alpha value is -1.43. The summed E-state index contributed by atoms with van der Waals surface area (Å²) in [6.45, 7) is 3.46. The van der Waals surface area contributed by atoms with Gasteiger partial charge < -0.3 is 9.84 Å². The van der Waals surface area contributed by atoms with Crippen molar-refractivity contribution < 1.29 is 4.52 Å². The topological polar surface area (TPSA) is 54.2 Å². The second-order valence-electron chi connectivity index (χ2n) is 6.03. The predicted octanol–water partition coefficient (Wildman–Crippen LogP) is 2.75. The Morgan fingerprint density at radius 3 is 3.00 bits per heavy atom. The van der Waals surface area contributed by atoms with Crippen LogP contribution in [0.25, 0.3) is 0 Å². The minimum Gasteiger partial charge on any atom is -0.338 e. The van der Waals surface area contributed by atoms with E-state index in [0.29, 0.717) is 18.4 Å². The van der Waals surface area contributed by atoms with Crippen molar-refractivity contribution in [3.8, 4) is 0 Å². The minimum absolute atomic E-state index is 0.235. The second kappa shape index (κ2) is 5.99. The van der Waals surface area contributed by atoms with Gasteiger partial charge in [0.05, 0.1) is 6.54 Å². The van der Waals surface area contributed by atoms with Gasteiger partial charge in [0.1, 0.15) is 0 Å². The molecular weight excluding hydrogens is 300 g/mol. The molecule has 5 nitrogen and oxygen atoms in total. The van der Waals surface area contributed by atoms with Gasteiger partial charge in [-0.1, -0.05) is 35.0 Å². The van der Waals surface area contributed by atoms with E-state index in [4.69, 9.17) is 16.1 Å². The molecule has 1 unspecified atom stereocenters. The summed E-state index contributed by atoms with van der Waals surface area (Å²) in [5.41, 5.74) is 1.15. The molecule has 1 aliphatic carbocycles. The lowest BCUT2D eigenvalue weighted by Crippen LogP contribution is -2.45. The summed E-state index contributed by atoms with van der Waals surface area (Å²) in [5.74, 6) is 2.11. The Balaban J connectivity index is 1.53. The summed E-state index contributed by atoms with van der Waals surface area (Å²) >= 11 is 6.37. The molecule has 0 radical (unpaired) electrons. The van der Waals surface area contributed by atoms with E-state index in [1.807, 2.05) is 18.2 Å². The van der Waals surface area contributed by atoms with Gasteiger partial charge in [-0.05, 0) is 24.5 Å². The Bertz CT molecular complexity index is 655. The second-order valence-corrected chi connectivity index (χ2v) is 6.44. The number of hydrogen-bond acceptors (Lipinski definition) is 5. The van der Waals surface area contributed by atoms with Crippen LogP contribution in [0.15, 0.2) is 28.8 Å². The van der Waals surface area contributed by atoms with Crippen molar-refractivity contribution in [1.29, 1.82) is 0 Å². The quantitative estimate of drug-likeness (QED) is 0.939. The molecule has 116 valence electrons. The maximum Gasteiger partial charge on any atom is 0.240 e. The zero-order valence-corrected chi connectivity index (χ0v) is 13.1. The van der Waals surface area contributed by atoms with Crippen molar-refractivity contribution in [2.24, 2.45) is 0 Å². The van der Waals surface area contributed by atoms with Gasteiger partial charge in [-0.2, -0.15) is 4.98 Å². The monoisotopic (exact) mass is 318 g/mol. The van der Waals surface area contributed by atoms with Crippen LogP contribution in [0, 0.1) is 0 Å². The van der Waals surface area contributed by atoms with E-state index >= 15 is 0 Å². The third kappa shape index (κ3) is 2.89. The fourth-order valence-corrected chi connectivity index (χ4v) is 3.26. The summed E-state index contributed by atoms with van der Waals surface area (Å²) in [6, 6.07) is 8.27. The smallest absolute Gasteiger partial charge is 0.240 e. The Kier molecular flexibility index (Phi) is 3.86. The van der Waals surface area contributed by atoms with Crippen LogP contribution in [-0.2, 0) is 6.54 Å². The fraction of sp³-hybridized carbons (Fsp3) is 0.500. The molecule has 2 aromatic rings. The van der Waals surface area contributed by atoms with E-state index in [9.17, 15) is 0 Å². The van der Waals surface area contributed by atoms with Crippen LogP contribution in [0.1, 0.15) is 42.1 Å². The average molecular weight is 319 g/mol. The van der Waals surface area contributed by atoms with Crippen LogP contribution < -0.4 is 5.32 Å². The Morgan fingerprint density at radius 1 is 1.32 bits per heavy atom. The highest BCUT2D eigenvalue weighted by Crippen LogP contribution is 2.38. The lowest BCUT2D eigenvalue weighted by atomic mass is 10.0. The SMILES string of the molecule is Clc1ccccc1C1CNCCN1Cc1nc(C2CC2)no1. The van der Waals surface area contributed by atoms with Gasteiger partial charge in [-0.25, -0.2) is 0 Å². The van der Waals surface area contributed by atoms with E-state index in [1.54, 1.807) is 0 Å². The van der Waals surface area contributed by atoms with Crippen LogP contribution >= 0.6 is 11.6 Å². The third-order valence-corrected chi connectivity index (χ3v) is 4.73. The first kappa shape index (κ1) is 14.2. The lowest BCUT2D eigenvalue weighted by Gasteiger charge is -2.35. The summed E-state index contributed by atoms with van der Waals surface area (Å²) < 4.78 is 5.43. The van der Waals surface area contributed by atoms with Gasteiger partial charge in [0.2, 0.25) is 5.89 Å². The highest BCUT2D eigenvalue weighted by atomic mass is 35.5. The zero-order valence-electron chi connectivity index (χ0n) is 12.3. The average Bonchev–Trinajstić information content (AvgIpc) is 3.29. The zero-order chi connectivity index (χ0) is 14.9. The summed E-state index contributed by atoms with van der Waals surface area (Å²) in [6.07, 6.45) is 2.38. The predicted molar refractivity (Wildman–Crippen MR) is 83.7 cm³/mol. The van der Waals surface area contributed by atoms with Gasteiger partial charge in [0.25, 0.3) is 0 Å². The molecule has 0 spiro atoms. The number of benzene rings is 1. The molecule has 1 N–H and O–H groups in total. The van der Waals surface area contributed by atoms with Crippen molar-refractivity contribution >= 4 is 11.6 Å². The van der Waals surface area contributed by atoms with Crippen LogP contribution in [-0.4, -0.2) is 34.7 Å². The standard InChI is InChI=1S/C16H19ClN4O/c17-13-4-2-1-3-12(13)14-9-18-7-8-21(14)10-15-19-16(20-22-15)11-5-6-11/h1-4,11,14,18H,5-10H2. The van der Waals surface area contributed by atoms with Crippen LogP contribution in [0.4, 0.5) is 0 Å². The third-order valence-electron chi connectivity index (χ3n) is 4.38. The molecular formula is C16H19ClN4O. The normalized spacial score (nSPS) is 22.9. The number of piperazine rings is 1. The van der Waals surface area contributed by atoms with Gasteiger partial charge >= 0.3 is 0 Å². The van der Waals surface area contributed by atoms with Gasteiger partial charge in [-0.15, -0.1) is 0 Å². The first-order valence-electron chi connectivity index (χ1n) is 7.83. The first-order valence-corrected chi connectivity index (χ1v) is 8.21. The first-order chi connectivity index (χ1) is 10.8. The molecule has 4 rings (SSSR count). The van der Waals surface area contributed by atoms with Crippen LogP contribution in [0.2, 0.25) is 5.02 Å². The highest BCUT2D eigenvalue weighted by molar-refractivity contribution is 6.31. The Labute approximate surface area is 134 Å². The number of aromatic nitrogens is 2. The molecule has 0 bridgehead atoms. The molecule has 1 aromatic heterocycles. The van der Waals surface area contributed by atoms with Crippen molar-refractivity contribution in [1.82, 2.24) is 20.4 Å². The van der Waals surface area contributed by atoms with E-state index in [-0.39, 0.29) is 6.04 Å². The molecule has 6 heteroatoms. The van der Waals surface area contributed by atoms with Gasteiger partial charge in [-0.3, -0.25) is 4.90 Å². The molecule has 0 amide bonds. The molecule has 1 saturated carbocycles. The number of rotatable bonds is 4. The van der Waals surface area contributed by atoms with Crippen LogP contribution in [0.3, 0.4) is 0 Å². The lowest BCUT2D eigenvalue weighted by molar-refractivity contribution is 0.135. The number of halogens is 1. The minimum atomic E-state index is 0.235. The Morgan fingerprint density at radius 2 is 2.18 bits per heavy atom. The highest BCUT2D eigenvalue weighted by Gasteiger charge is 2.30.